The molecule has 3 aromatic heterocycles. The first kappa shape index (κ1) is 18.3. The second-order valence-electron chi connectivity index (χ2n) is 7.60. The molecule has 1 atom stereocenters. The number of pyridine rings is 1. The average Bonchev–Trinajstić information content (AvgIpc) is 3.06. The maximum Gasteiger partial charge on any atom is 0.270 e. The molecule has 0 saturated carbocycles. The number of aromatic amines is 1. The largest absolute Gasteiger partial charge is 0.354 e. The molecular formula is C22H25N5O. The fourth-order valence-corrected chi connectivity index (χ4v) is 4.00. The van der Waals surface area contributed by atoms with Gasteiger partial charge < -0.3 is 9.88 Å². The summed E-state index contributed by atoms with van der Waals surface area (Å²) in [6.45, 7) is 7.47. The van der Waals surface area contributed by atoms with Crippen LogP contribution < -0.4 is 0 Å². The lowest BCUT2D eigenvalue weighted by molar-refractivity contribution is 0.0699. The number of likely N-dealkylation sites (tertiary alicyclic amines) is 1. The van der Waals surface area contributed by atoms with Crippen LogP contribution in [-0.2, 0) is 0 Å². The third-order valence-electron chi connectivity index (χ3n) is 5.39. The molecule has 6 nitrogen and oxygen atoms in total. The molecule has 0 spiro atoms. The van der Waals surface area contributed by atoms with Crippen molar-refractivity contribution in [3.63, 3.8) is 0 Å². The lowest BCUT2D eigenvalue weighted by Gasteiger charge is -2.33. The minimum absolute atomic E-state index is 0.0782. The van der Waals surface area contributed by atoms with E-state index in [9.17, 15) is 4.79 Å². The fourth-order valence-electron chi connectivity index (χ4n) is 4.00. The van der Waals surface area contributed by atoms with E-state index in [2.05, 4.69) is 15.0 Å². The molecule has 4 rings (SSSR count). The molecule has 1 saturated heterocycles. The summed E-state index contributed by atoms with van der Waals surface area (Å²) in [5.41, 5.74) is 5.73. The smallest absolute Gasteiger partial charge is 0.270 e. The minimum atomic E-state index is 0.0782. The van der Waals surface area contributed by atoms with Crippen LogP contribution in [0.1, 0.15) is 51.8 Å². The van der Waals surface area contributed by atoms with Crippen LogP contribution in [0, 0.1) is 20.8 Å². The SMILES string of the molecule is Cc1cc(C)c(C(=O)N2CCCC(c3nc(-c4cccnc4)ncc3C)C2)[nH]1. The predicted molar refractivity (Wildman–Crippen MR) is 108 cm³/mol. The molecule has 28 heavy (non-hydrogen) atoms. The molecule has 1 aliphatic rings. The van der Waals surface area contributed by atoms with E-state index in [0.29, 0.717) is 18.1 Å². The lowest BCUT2D eigenvalue weighted by Crippen LogP contribution is -2.40. The number of aromatic nitrogens is 4. The number of nitrogens with zero attached hydrogens (tertiary/aromatic N) is 4. The van der Waals surface area contributed by atoms with Gasteiger partial charge in [-0.2, -0.15) is 0 Å². The Morgan fingerprint density at radius 3 is 2.79 bits per heavy atom. The Morgan fingerprint density at radius 1 is 1.21 bits per heavy atom. The van der Waals surface area contributed by atoms with Gasteiger partial charge in [-0.25, -0.2) is 9.97 Å². The monoisotopic (exact) mass is 375 g/mol. The summed E-state index contributed by atoms with van der Waals surface area (Å²) in [6, 6.07) is 5.87. The van der Waals surface area contributed by atoms with Crippen molar-refractivity contribution in [2.75, 3.05) is 13.1 Å². The highest BCUT2D eigenvalue weighted by Gasteiger charge is 2.29. The van der Waals surface area contributed by atoms with Gasteiger partial charge in [-0.15, -0.1) is 0 Å². The van der Waals surface area contributed by atoms with Crippen LogP contribution in [0.2, 0.25) is 0 Å². The molecule has 4 heterocycles. The topological polar surface area (TPSA) is 74.8 Å². The molecule has 1 amide bonds. The van der Waals surface area contributed by atoms with Gasteiger partial charge >= 0.3 is 0 Å². The van der Waals surface area contributed by atoms with Gasteiger partial charge in [-0.1, -0.05) is 0 Å². The van der Waals surface area contributed by atoms with Crippen LogP contribution >= 0.6 is 0 Å². The summed E-state index contributed by atoms with van der Waals surface area (Å²) in [7, 11) is 0. The molecule has 0 radical (unpaired) electrons. The minimum Gasteiger partial charge on any atom is -0.354 e. The Hall–Kier alpha value is -3.02. The third-order valence-corrected chi connectivity index (χ3v) is 5.39. The fraction of sp³-hybridized carbons (Fsp3) is 0.364. The zero-order chi connectivity index (χ0) is 19.7. The summed E-state index contributed by atoms with van der Waals surface area (Å²) >= 11 is 0. The number of aryl methyl sites for hydroxylation is 3. The van der Waals surface area contributed by atoms with Crippen molar-refractivity contribution in [1.82, 2.24) is 24.8 Å². The Labute approximate surface area is 165 Å². The van der Waals surface area contributed by atoms with E-state index in [-0.39, 0.29) is 11.8 Å². The molecule has 3 aromatic rings. The van der Waals surface area contributed by atoms with Gasteiger partial charge in [0.05, 0.1) is 5.69 Å². The van der Waals surface area contributed by atoms with Gasteiger partial charge in [0.25, 0.3) is 5.91 Å². The molecule has 6 heteroatoms. The summed E-state index contributed by atoms with van der Waals surface area (Å²) in [4.78, 5) is 31.7. The van der Waals surface area contributed by atoms with Crippen molar-refractivity contribution >= 4 is 5.91 Å². The third kappa shape index (κ3) is 3.54. The van der Waals surface area contributed by atoms with Gasteiger partial charge in [0.2, 0.25) is 0 Å². The first-order chi connectivity index (χ1) is 13.5. The normalized spacial score (nSPS) is 17.0. The highest BCUT2D eigenvalue weighted by Crippen LogP contribution is 2.30. The van der Waals surface area contributed by atoms with E-state index in [0.717, 1.165) is 47.5 Å². The van der Waals surface area contributed by atoms with Crippen molar-refractivity contribution in [2.24, 2.45) is 0 Å². The number of carbonyl (C=O) groups excluding carboxylic acids is 1. The van der Waals surface area contributed by atoms with E-state index in [1.54, 1.807) is 12.4 Å². The van der Waals surface area contributed by atoms with E-state index >= 15 is 0 Å². The number of piperidine rings is 1. The van der Waals surface area contributed by atoms with Crippen molar-refractivity contribution in [2.45, 2.75) is 39.5 Å². The Kier molecular flexibility index (Phi) is 4.94. The van der Waals surface area contributed by atoms with Gasteiger partial charge in [-0.05, 0) is 62.9 Å². The van der Waals surface area contributed by atoms with Crippen LogP contribution in [0.15, 0.2) is 36.8 Å². The van der Waals surface area contributed by atoms with Gasteiger partial charge in [0, 0.05) is 48.9 Å². The summed E-state index contributed by atoms with van der Waals surface area (Å²) in [5.74, 6) is 0.981. The first-order valence-corrected chi connectivity index (χ1v) is 9.72. The molecule has 1 fully saturated rings. The number of hydrogen-bond donors (Lipinski definition) is 1. The predicted octanol–water partition coefficient (Wildman–Crippen LogP) is 3.81. The van der Waals surface area contributed by atoms with Gasteiger partial charge in [0.15, 0.2) is 5.82 Å². The highest BCUT2D eigenvalue weighted by atomic mass is 16.2. The summed E-state index contributed by atoms with van der Waals surface area (Å²) in [6.07, 6.45) is 7.40. The number of carbonyl (C=O) groups is 1. The summed E-state index contributed by atoms with van der Waals surface area (Å²) in [5, 5.41) is 0. The molecule has 144 valence electrons. The molecule has 0 bridgehead atoms. The number of nitrogens with one attached hydrogen (secondary N) is 1. The van der Waals surface area contributed by atoms with Crippen molar-refractivity contribution in [1.29, 1.82) is 0 Å². The second-order valence-corrected chi connectivity index (χ2v) is 7.60. The molecule has 0 aromatic carbocycles. The highest BCUT2D eigenvalue weighted by molar-refractivity contribution is 5.94. The second kappa shape index (κ2) is 7.54. The van der Waals surface area contributed by atoms with Crippen LogP contribution in [0.5, 0.6) is 0 Å². The number of hydrogen-bond acceptors (Lipinski definition) is 4. The first-order valence-electron chi connectivity index (χ1n) is 9.72. The number of amides is 1. The van der Waals surface area contributed by atoms with E-state index in [1.807, 2.05) is 50.1 Å². The van der Waals surface area contributed by atoms with Crippen LogP contribution in [0.4, 0.5) is 0 Å². The van der Waals surface area contributed by atoms with Crippen LogP contribution in [0.25, 0.3) is 11.4 Å². The quantitative estimate of drug-likeness (QED) is 0.755. The van der Waals surface area contributed by atoms with Crippen LogP contribution in [0.3, 0.4) is 0 Å². The molecule has 1 unspecified atom stereocenters. The number of rotatable bonds is 3. The molecular weight excluding hydrogens is 350 g/mol. The van der Waals surface area contributed by atoms with E-state index < -0.39 is 0 Å². The van der Waals surface area contributed by atoms with Crippen molar-refractivity contribution in [3.05, 3.63) is 65.0 Å². The Morgan fingerprint density at radius 2 is 2.07 bits per heavy atom. The average molecular weight is 375 g/mol. The number of H-pyrrole nitrogens is 1. The maximum atomic E-state index is 13.0. The van der Waals surface area contributed by atoms with Crippen LogP contribution in [-0.4, -0.2) is 43.8 Å². The van der Waals surface area contributed by atoms with Crippen molar-refractivity contribution in [3.8, 4) is 11.4 Å². The lowest BCUT2D eigenvalue weighted by atomic mass is 9.92. The Balaban J connectivity index is 1.59. The molecule has 1 N–H and O–H groups in total. The van der Waals surface area contributed by atoms with E-state index in [1.165, 1.54) is 0 Å². The Bertz CT molecular complexity index is 995. The summed E-state index contributed by atoms with van der Waals surface area (Å²) < 4.78 is 0. The standard InChI is InChI=1S/C22H25N5O/c1-14-10-16(3)25-20(14)22(28)27-9-5-7-18(13-27)19-15(2)11-24-21(26-19)17-6-4-8-23-12-17/h4,6,8,10-12,18,25H,5,7,9,13H2,1-3H3. The van der Waals surface area contributed by atoms with Gasteiger partial charge in [-0.3, -0.25) is 9.78 Å². The zero-order valence-electron chi connectivity index (χ0n) is 16.6. The van der Waals surface area contributed by atoms with Gasteiger partial charge in [0.1, 0.15) is 5.69 Å². The van der Waals surface area contributed by atoms with Crippen molar-refractivity contribution < 1.29 is 4.79 Å². The zero-order valence-corrected chi connectivity index (χ0v) is 16.6. The molecule has 0 aliphatic carbocycles. The molecule has 1 aliphatic heterocycles. The maximum absolute atomic E-state index is 13.0. The van der Waals surface area contributed by atoms with E-state index in [4.69, 9.17) is 4.98 Å².